The molecule has 1 aromatic rings. The number of rotatable bonds is 4. The molecule has 1 aromatic carbocycles. The first-order valence-electron chi connectivity index (χ1n) is 6.05. The minimum absolute atomic E-state index is 0.483. The lowest BCUT2D eigenvalue weighted by atomic mass is 9.98. The molecule has 1 heterocycles. The largest absolute Gasteiger partial charge is 0.492 e. The molecular weight excluding hydrogens is 238 g/mol. The van der Waals surface area contributed by atoms with Gasteiger partial charge in [-0.1, -0.05) is 11.6 Å². The van der Waals surface area contributed by atoms with Crippen molar-refractivity contribution in [2.24, 2.45) is 5.73 Å². The molecule has 0 saturated heterocycles. The van der Waals surface area contributed by atoms with Crippen molar-refractivity contribution in [2.45, 2.75) is 31.8 Å². The van der Waals surface area contributed by atoms with Gasteiger partial charge < -0.3 is 15.6 Å². The molecule has 1 unspecified atom stereocenters. The monoisotopic (exact) mass is 255 g/mol. The van der Waals surface area contributed by atoms with Crippen LogP contribution in [0.4, 0.5) is 0 Å². The molecule has 0 bridgehead atoms. The Morgan fingerprint density at radius 3 is 3.06 bits per heavy atom. The van der Waals surface area contributed by atoms with Crippen molar-refractivity contribution in [2.75, 3.05) is 13.2 Å². The molecule has 0 aliphatic carbocycles. The normalized spacial score (nSPS) is 16.2. The van der Waals surface area contributed by atoms with Gasteiger partial charge in [0.15, 0.2) is 0 Å². The summed E-state index contributed by atoms with van der Waals surface area (Å²) in [6.45, 7) is 1.32. The zero-order valence-electron chi connectivity index (χ0n) is 9.79. The molecule has 0 fully saturated rings. The van der Waals surface area contributed by atoms with Crippen LogP contribution in [0.5, 0.6) is 5.75 Å². The molecule has 1 atom stereocenters. The van der Waals surface area contributed by atoms with Gasteiger partial charge in [-0.05, 0) is 55.5 Å². The fourth-order valence-corrected chi connectivity index (χ4v) is 2.43. The average Bonchev–Trinajstić information content (AvgIpc) is 2.36. The minimum Gasteiger partial charge on any atom is -0.492 e. The molecule has 3 N–H and O–H groups in total. The van der Waals surface area contributed by atoms with Crippen molar-refractivity contribution in [3.05, 3.63) is 28.3 Å². The highest BCUT2D eigenvalue weighted by Gasteiger charge is 2.17. The minimum atomic E-state index is -0.483. The first-order valence-corrected chi connectivity index (χ1v) is 6.43. The summed E-state index contributed by atoms with van der Waals surface area (Å²) < 4.78 is 5.54. The van der Waals surface area contributed by atoms with Crippen LogP contribution in [0.15, 0.2) is 12.1 Å². The summed E-state index contributed by atoms with van der Waals surface area (Å²) in [6, 6.07) is 3.80. The topological polar surface area (TPSA) is 55.5 Å². The number of aliphatic hydroxyl groups excluding tert-OH is 1. The molecule has 0 amide bonds. The first-order chi connectivity index (χ1) is 8.22. The molecule has 0 spiro atoms. The quantitative estimate of drug-likeness (QED) is 0.869. The highest BCUT2D eigenvalue weighted by Crippen LogP contribution is 2.36. The smallest absolute Gasteiger partial charge is 0.141 e. The van der Waals surface area contributed by atoms with Crippen molar-refractivity contribution in [1.29, 1.82) is 0 Å². The zero-order chi connectivity index (χ0) is 12.3. The summed E-state index contributed by atoms with van der Waals surface area (Å²) in [4.78, 5) is 0. The van der Waals surface area contributed by atoms with Crippen molar-refractivity contribution >= 4 is 11.6 Å². The van der Waals surface area contributed by atoms with Gasteiger partial charge in [0.05, 0.1) is 17.7 Å². The van der Waals surface area contributed by atoms with Gasteiger partial charge in [0.25, 0.3) is 0 Å². The van der Waals surface area contributed by atoms with Crippen molar-refractivity contribution in [3.63, 3.8) is 0 Å². The molecule has 2 rings (SSSR count). The molecule has 0 aromatic heterocycles. The zero-order valence-corrected chi connectivity index (χ0v) is 10.5. The van der Waals surface area contributed by atoms with Crippen LogP contribution >= 0.6 is 11.6 Å². The fraction of sp³-hybridized carbons (Fsp3) is 0.538. The Labute approximate surface area is 107 Å². The molecule has 4 heteroatoms. The summed E-state index contributed by atoms with van der Waals surface area (Å²) in [5.74, 6) is 0.785. The number of benzene rings is 1. The SMILES string of the molecule is NCCCC(O)c1cc(Cl)c2c(c1)CCCO2. The fourth-order valence-electron chi connectivity index (χ4n) is 2.13. The van der Waals surface area contributed by atoms with Crippen molar-refractivity contribution < 1.29 is 9.84 Å². The third kappa shape index (κ3) is 2.92. The number of hydrogen-bond donors (Lipinski definition) is 2. The van der Waals surface area contributed by atoms with E-state index in [4.69, 9.17) is 22.1 Å². The number of aryl methyl sites for hydroxylation is 1. The molecule has 94 valence electrons. The molecular formula is C13H18ClNO2. The van der Waals surface area contributed by atoms with Crippen LogP contribution < -0.4 is 10.5 Å². The predicted molar refractivity (Wildman–Crippen MR) is 68.5 cm³/mol. The number of nitrogens with two attached hydrogens (primary N) is 1. The Hall–Kier alpha value is -0.770. The maximum absolute atomic E-state index is 10.0. The summed E-state index contributed by atoms with van der Waals surface area (Å²) in [5.41, 5.74) is 7.41. The van der Waals surface area contributed by atoms with Gasteiger partial charge in [0.1, 0.15) is 5.75 Å². The molecule has 3 nitrogen and oxygen atoms in total. The summed E-state index contributed by atoms with van der Waals surface area (Å²) >= 11 is 6.16. The maximum Gasteiger partial charge on any atom is 0.141 e. The molecule has 0 radical (unpaired) electrons. The number of hydrogen-bond acceptors (Lipinski definition) is 3. The van der Waals surface area contributed by atoms with Gasteiger partial charge >= 0.3 is 0 Å². The van der Waals surface area contributed by atoms with E-state index in [0.29, 0.717) is 18.0 Å². The van der Waals surface area contributed by atoms with E-state index in [1.165, 1.54) is 0 Å². The standard InChI is InChI=1S/C13H18ClNO2/c14-11-8-10(12(16)4-1-5-15)7-9-3-2-6-17-13(9)11/h7-8,12,16H,1-6,15H2. The van der Waals surface area contributed by atoms with Crippen LogP contribution in [0.2, 0.25) is 5.02 Å². The van der Waals surface area contributed by atoms with Crippen molar-refractivity contribution in [1.82, 2.24) is 0 Å². The lowest BCUT2D eigenvalue weighted by Crippen LogP contribution is -2.10. The third-order valence-electron chi connectivity index (χ3n) is 3.05. The second-order valence-corrected chi connectivity index (χ2v) is 4.80. The highest BCUT2D eigenvalue weighted by molar-refractivity contribution is 6.32. The summed E-state index contributed by atoms with van der Waals surface area (Å²) in [7, 11) is 0. The molecule has 1 aliphatic heterocycles. The number of halogens is 1. The van der Waals surface area contributed by atoms with E-state index in [-0.39, 0.29) is 0 Å². The Morgan fingerprint density at radius 1 is 1.47 bits per heavy atom. The second kappa shape index (κ2) is 5.71. The van der Waals surface area contributed by atoms with Gasteiger partial charge in [0, 0.05) is 0 Å². The lowest BCUT2D eigenvalue weighted by Gasteiger charge is -2.21. The Kier molecular flexibility index (Phi) is 4.26. The van der Waals surface area contributed by atoms with Crippen LogP contribution in [-0.2, 0) is 6.42 Å². The van der Waals surface area contributed by atoms with Crippen LogP contribution in [0.25, 0.3) is 0 Å². The van der Waals surface area contributed by atoms with Crippen LogP contribution in [0.3, 0.4) is 0 Å². The van der Waals surface area contributed by atoms with Crippen molar-refractivity contribution in [3.8, 4) is 5.75 Å². The highest BCUT2D eigenvalue weighted by atomic mass is 35.5. The maximum atomic E-state index is 10.0. The van der Waals surface area contributed by atoms with Crippen LogP contribution in [-0.4, -0.2) is 18.3 Å². The van der Waals surface area contributed by atoms with E-state index in [0.717, 1.165) is 42.7 Å². The van der Waals surface area contributed by atoms with E-state index in [1.54, 1.807) is 6.07 Å². The molecule has 17 heavy (non-hydrogen) atoms. The second-order valence-electron chi connectivity index (χ2n) is 4.39. The lowest BCUT2D eigenvalue weighted by molar-refractivity contribution is 0.165. The van der Waals surface area contributed by atoms with E-state index in [2.05, 4.69) is 0 Å². The first kappa shape index (κ1) is 12.7. The van der Waals surface area contributed by atoms with Crippen LogP contribution in [0, 0.1) is 0 Å². The molecule has 1 aliphatic rings. The Balaban J connectivity index is 2.21. The Bertz CT molecular complexity index is 395. The van der Waals surface area contributed by atoms with E-state index in [9.17, 15) is 5.11 Å². The van der Waals surface area contributed by atoms with Gasteiger partial charge in [-0.3, -0.25) is 0 Å². The van der Waals surface area contributed by atoms with Gasteiger partial charge in [0.2, 0.25) is 0 Å². The molecule has 0 saturated carbocycles. The number of aliphatic hydroxyl groups is 1. The van der Waals surface area contributed by atoms with Gasteiger partial charge in [-0.15, -0.1) is 0 Å². The predicted octanol–water partition coefficient (Wildman–Crippen LogP) is 2.44. The number of ether oxygens (including phenoxy) is 1. The third-order valence-corrected chi connectivity index (χ3v) is 3.33. The average molecular weight is 256 g/mol. The Morgan fingerprint density at radius 2 is 2.29 bits per heavy atom. The van der Waals surface area contributed by atoms with Crippen LogP contribution in [0.1, 0.15) is 36.5 Å². The van der Waals surface area contributed by atoms with E-state index >= 15 is 0 Å². The number of fused-ring (bicyclic) bond motifs is 1. The van der Waals surface area contributed by atoms with Gasteiger partial charge in [-0.25, -0.2) is 0 Å². The van der Waals surface area contributed by atoms with Gasteiger partial charge in [-0.2, -0.15) is 0 Å². The van der Waals surface area contributed by atoms with E-state index in [1.807, 2.05) is 6.07 Å². The summed E-state index contributed by atoms with van der Waals surface area (Å²) in [6.07, 6.45) is 2.97. The van der Waals surface area contributed by atoms with E-state index < -0.39 is 6.10 Å². The summed E-state index contributed by atoms with van der Waals surface area (Å²) in [5, 5.41) is 10.6.